The highest BCUT2D eigenvalue weighted by Crippen LogP contribution is 2.34. The van der Waals surface area contributed by atoms with Crippen LogP contribution in [0.2, 0.25) is 0 Å². The zero-order chi connectivity index (χ0) is 20.9. The molecule has 0 spiro atoms. The first-order valence-electron chi connectivity index (χ1n) is 8.74. The number of aliphatic carboxylic acids is 1. The van der Waals surface area contributed by atoms with Crippen LogP contribution in [0, 0.1) is 0 Å². The minimum atomic E-state index is -5.08. The summed E-state index contributed by atoms with van der Waals surface area (Å²) in [6.07, 6.45) is -1.30. The van der Waals surface area contributed by atoms with Crippen LogP contribution >= 0.6 is 0 Å². The molecule has 2 aliphatic rings. The molecule has 3 rings (SSSR count). The molecule has 0 unspecified atom stereocenters. The summed E-state index contributed by atoms with van der Waals surface area (Å²) in [6, 6.07) is 9.96. The third-order valence-corrected chi connectivity index (χ3v) is 6.66. The van der Waals surface area contributed by atoms with Gasteiger partial charge >= 0.3 is 12.1 Å². The van der Waals surface area contributed by atoms with Gasteiger partial charge < -0.3 is 5.11 Å². The lowest BCUT2D eigenvalue weighted by molar-refractivity contribution is -0.192. The Morgan fingerprint density at radius 1 is 1.18 bits per heavy atom. The Morgan fingerprint density at radius 2 is 1.75 bits per heavy atom. The number of rotatable bonds is 5. The lowest BCUT2D eigenvalue weighted by atomic mass is 10.1. The zero-order valence-corrected chi connectivity index (χ0v) is 16.0. The van der Waals surface area contributed by atoms with Crippen LogP contribution in [0.15, 0.2) is 43.0 Å². The summed E-state index contributed by atoms with van der Waals surface area (Å²) in [5.74, 6) is -2.65. The summed E-state index contributed by atoms with van der Waals surface area (Å²) in [5, 5.41) is 7.12. The highest BCUT2D eigenvalue weighted by Gasteiger charge is 2.46. The first kappa shape index (κ1) is 22.4. The predicted molar refractivity (Wildman–Crippen MR) is 98.0 cm³/mol. The number of hydrogen-bond acceptors (Lipinski definition) is 4. The standard InChI is InChI=1S/C16H22N2O2S.C2HF3O2/c1-2-10-17-11-8-16-15(17)9-12-18(16)21(19,20)13-14-6-4-3-5-7-14;3-2(4,5)1(6)7/h2-7,15-16H,1,8-13H2;(H,6,7)/t15-,16+;/m0./s1. The molecule has 2 aliphatic heterocycles. The van der Waals surface area contributed by atoms with Crippen LogP contribution in [-0.2, 0) is 20.6 Å². The Morgan fingerprint density at radius 3 is 2.29 bits per heavy atom. The van der Waals surface area contributed by atoms with Crippen molar-refractivity contribution in [2.24, 2.45) is 0 Å². The largest absolute Gasteiger partial charge is 0.490 e. The lowest BCUT2D eigenvalue weighted by Crippen LogP contribution is -2.40. The molecular formula is C18H23F3N2O4S. The van der Waals surface area contributed by atoms with Gasteiger partial charge in [0.25, 0.3) is 0 Å². The van der Waals surface area contributed by atoms with Crippen molar-refractivity contribution in [1.82, 2.24) is 9.21 Å². The number of carbonyl (C=O) groups is 1. The van der Waals surface area contributed by atoms with Crippen molar-refractivity contribution in [2.75, 3.05) is 19.6 Å². The number of hydrogen-bond donors (Lipinski definition) is 1. The van der Waals surface area contributed by atoms with Crippen LogP contribution in [0.25, 0.3) is 0 Å². The van der Waals surface area contributed by atoms with Gasteiger partial charge in [0, 0.05) is 31.7 Å². The van der Waals surface area contributed by atoms with Crippen LogP contribution in [-0.4, -0.2) is 66.6 Å². The van der Waals surface area contributed by atoms with E-state index in [1.54, 1.807) is 4.31 Å². The SMILES string of the molecule is C=CCN1CC[C@@H]2[C@@H]1CCN2S(=O)(=O)Cc1ccccc1.O=C(O)C(F)(F)F. The van der Waals surface area contributed by atoms with Crippen LogP contribution in [0.5, 0.6) is 0 Å². The van der Waals surface area contributed by atoms with Crippen molar-refractivity contribution >= 4 is 16.0 Å². The molecule has 0 saturated carbocycles. The molecule has 0 aliphatic carbocycles. The molecule has 1 aromatic rings. The van der Waals surface area contributed by atoms with Gasteiger partial charge in [0.2, 0.25) is 10.0 Å². The third kappa shape index (κ3) is 5.55. The molecule has 6 nitrogen and oxygen atoms in total. The van der Waals surface area contributed by atoms with E-state index in [1.807, 2.05) is 36.4 Å². The van der Waals surface area contributed by atoms with E-state index in [9.17, 15) is 21.6 Å². The van der Waals surface area contributed by atoms with Gasteiger partial charge in [-0.05, 0) is 18.4 Å². The average molecular weight is 420 g/mol. The second kappa shape index (κ2) is 9.06. The number of benzene rings is 1. The topological polar surface area (TPSA) is 77.9 Å². The normalized spacial score (nSPS) is 23.0. The second-order valence-electron chi connectivity index (χ2n) is 6.65. The molecule has 1 aromatic carbocycles. The van der Waals surface area contributed by atoms with E-state index in [0.29, 0.717) is 12.6 Å². The Bertz CT molecular complexity index is 784. The highest BCUT2D eigenvalue weighted by atomic mass is 32.2. The van der Waals surface area contributed by atoms with Crippen LogP contribution in [0.3, 0.4) is 0 Å². The molecule has 2 saturated heterocycles. The Balaban J connectivity index is 0.000000345. The van der Waals surface area contributed by atoms with Gasteiger partial charge in [-0.1, -0.05) is 36.4 Å². The van der Waals surface area contributed by atoms with Gasteiger partial charge in [-0.2, -0.15) is 17.5 Å². The predicted octanol–water partition coefficient (Wildman–Crippen LogP) is 2.48. The first-order valence-corrected chi connectivity index (χ1v) is 10.4. The van der Waals surface area contributed by atoms with E-state index < -0.39 is 22.2 Å². The molecule has 2 heterocycles. The van der Waals surface area contributed by atoms with Crippen molar-refractivity contribution < 1.29 is 31.5 Å². The molecule has 2 fully saturated rings. The molecule has 2 atom stereocenters. The minimum absolute atomic E-state index is 0.110. The lowest BCUT2D eigenvalue weighted by Gasteiger charge is -2.24. The van der Waals surface area contributed by atoms with Gasteiger partial charge in [-0.3, -0.25) is 4.90 Å². The summed E-state index contributed by atoms with van der Waals surface area (Å²) in [6.45, 7) is 6.27. The summed E-state index contributed by atoms with van der Waals surface area (Å²) < 4.78 is 58.9. The fraction of sp³-hybridized carbons (Fsp3) is 0.500. The molecule has 28 heavy (non-hydrogen) atoms. The number of alkyl halides is 3. The molecule has 0 aromatic heterocycles. The number of sulfonamides is 1. The molecule has 0 bridgehead atoms. The average Bonchev–Trinajstić information content (AvgIpc) is 3.18. The second-order valence-corrected chi connectivity index (χ2v) is 8.57. The zero-order valence-electron chi connectivity index (χ0n) is 15.2. The summed E-state index contributed by atoms with van der Waals surface area (Å²) in [7, 11) is -3.22. The van der Waals surface area contributed by atoms with E-state index in [0.717, 1.165) is 31.5 Å². The quantitative estimate of drug-likeness (QED) is 0.741. The molecule has 10 heteroatoms. The van der Waals surface area contributed by atoms with Crippen molar-refractivity contribution in [3.05, 3.63) is 48.6 Å². The fourth-order valence-electron chi connectivity index (χ4n) is 3.64. The van der Waals surface area contributed by atoms with Crippen molar-refractivity contribution in [1.29, 1.82) is 0 Å². The summed E-state index contributed by atoms with van der Waals surface area (Å²) in [4.78, 5) is 11.3. The highest BCUT2D eigenvalue weighted by molar-refractivity contribution is 7.88. The molecular weight excluding hydrogens is 397 g/mol. The Hall–Kier alpha value is -1.91. The van der Waals surface area contributed by atoms with Crippen LogP contribution < -0.4 is 0 Å². The van der Waals surface area contributed by atoms with Crippen LogP contribution in [0.4, 0.5) is 13.2 Å². The molecule has 1 N–H and O–H groups in total. The Kier molecular flexibility index (Phi) is 7.24. The van der Waals surface area contributed by atoms with E-state index >= 15 is 0 Å². The van der Waals surface area contributed by atoms with E-state index in [2.05, 4.69) is 11.5 Å². The third-order valence-electron chi connectivity index (χ3n) is 4.80. The number of halogens is 3. The minimum Gasteiger partial charge on any atom is -0.475 e. The van der Waals surface area contributed by atoms with Crippen molar-refractivity contribution in [3.63, 3.8) is 0 Å². The number of nitrogens with zero attached hydrogens (tertiary/aromatic N) is 2. The van der Waals surface area contributed by atoms with Crippen LogP contribution in [0.1, 0.15) is 18.4 Å². The summed E-state index contributed by atoms with van der Waals surface area (Å²) >= 11 is 0. The maximum absolute atomic E-state index is 12.7. The van der Waals surface area contributed by atoms with Gasteiger partial charge in [0.15, 0.2) is 0 Å². The number of likely N-dealkylation sites (tertiary alicyclic amines) is 1. The van der Waals surface area contributed by atoms with E-state index in [1.165, 1.54) is 0 Å². The maximum atomic E-state index is 12.7. The number of carboxylic acid groups (broad SMARTS) is 1. The summed E-state index contributed by atoms with van der Waals surface area (Å²) in [5.41, 5.74) is 0.863. The molecule has 156 valence electrons. The van der Waals surface area contributed by atoms with E-state index in [-0.39, 0.29) is 11.8 Å². The number of carboxylic acids is 1. The van der Waals surface area contributed by atoms with Gasteiger partial charge in [0.05, 0.1) is 5.75 Å². The van der Waals surface area contributed by atoms with E-state index in [4.69, 9.17) is 9.90 Å². The van der Waals surface area contributed by atoms with Gasteiger partial charge in [-0.15, -0.1) is 6.58 Å². The van der Waals surface area contributed by atoms with Crippen molar-refractivity contribution in [2.45, 2.75) is 36.9 Å². The van der Waals surface area contributed by atoms with Gasteiger partial charge in [-0.25, -0.2) is 13.2 Å². The van der Waals surface area contributed by atoms with Gasteiger partial charge in [0.1, 0.15) is 0 Å². The number of fused-ring (bicyclic) bond motifs is 1. The fourth-order valence-corrected chi connectivity index (χ4v) is 5.46. The van der Waals surface area contributed by atoms with Crippen molar-refractivity contribution in [3.8, 4) is 0 Å². The monoisotopic (exact) mass is 420 g/mol. The Labute approximate surface area is 162 Å². The smallest absolute Gasteiger partial charge is 0.475 e. The first-order chi connectivity index (χ1) is 13.1. The molecule has 0 amide bonds. The molecule has 0 radical (unpaired) electrons. The maximum Gasteiger partial charge on any atom is 0.490 e.